The number of anilines is 1. The van der Waals surface area contributed by atoms with Crippen LogP contribution in [0.1, 0.15) is 60.2 Å². The number of hydrogen-bond acceptors (Lipinski definition) is 5. The molecule has 0 atom stereocenters. The second-order valence-corrected chi connectivity index (χ2v) is 6.46. The van der Waals surface area contributed by atoms with Gasteiger partial charge in [-0.3, -0.25) is 10.1 Å². The summed E-state index contributed by atoms with van der Waals surface area (Å²) >= 11 is 0. The third-order valence-corrected chi connectivity index (χ3v) is 3.01. The molecule has 1 heterocycles. The van der Waals surface area contributed by atoms with Gasteiger partial charge in [0.25, 0.3) is 0 Å². The molecule has 1 aromatic heterocycles. The molecule has 1 aromatic rings. The Labute approximate surface area is 153 Å². The summed E-state index contributed by atoms with van der Waals surface area (Å²) in [5, 5.41) is 11.2. The predicted molar refractivity (Wildman–Crippen MR) is 89.8 cm³/mol. The number of amides is 1. The van der Waals surface area contributed by atoms with Gasteiger partial charge >= 0.3 is 18.2 Å². The van der Waals surface area contributed by atoms with Crippen molar-refractivity contribution in [3.8, 4) is 0 Å². The highest BCUT2D eigenvalue weighted by Gasteiger charge is 2.38. The number of carbonyl (C=O) groups is 3. The Kier molecular flexibility index (Phi) is 6.71. The Hall–Kier alpha value is -2.91. The number of alkyl halides is 3. The quantitative estimate of drug-likeness (QED) is 0.556. The first-order valence-electron chi connectivity index (χ1n) is 7.76. The molecule has 148 valence electrons. The normalized spacial score (nSPS) is 11.6. The van der Waals surface area contributed by atoms with E-state index in [9.17, 15) is 32.7 Å². The number of rotatable bonds is 6. The van der Waals surface area contributed by atoms with Crippen molar-refractivity contribution in [1.29, 1.82) is 0 Å². The van der Waals surface area contributed by atoms with Gasteiger partial charge in [0.05, 0.1) is 11.3 Å². The van der Waals surface area contributed by atoms with Gasteiger partial charge in [-0.15, -0.1) is 6.58 Å². The summed E-state index contributed by atoms with van der Waals surface area (Å²) in [7, 11) is 0. The minimum Gasteiger partial charge on any atom is -0.476 e. The molecular formula is C17H19F3N2O5. The molecular weight excluding hydrogens is 369 g/mol. The number of halogens is 3. The minimum atomic E-state index is -4.99. The van der Waals surface area contributed by atoms with Crippen LogP contribution in [0.25, 0.3) is 0 Å². The van der Waals surface area contributed by atoms with Gasteiger partial charge in [0.2, 0.25) is 0 Å². The summed E-state index contributed by atoms with van der Waals surface area (Å²) in [6.07, 6.45) is -5.05. The molecule has 27 heavy (non-hydrogen) atoms. The Balaban J connectivity index is 3.47. The summed E-state index contributed by atoms with van der Waals surface area (Å²) in [5.74, 6) is -2.71. The average Bonchev–Trinajstić information content (AvgIpc) is 2.49. The Morgan fingerprint density at radius 3 is 2.30 bits per heavy atom. The van der Waals surface area contributed by atoms with Crippen molar-refractivity contribution in [1.82, 2.24) is 4.98 Å². The molecule has 1 rings (SSSR count). The number of nitrogens with one attached hydrogen (secondary N) is 1. The standard InChI is InChI=1S/C17H19F3N2O5/c1-5-6-7-11(23)12-9(17(18,19)20)8-10(13(22-12)14(24)25)21-15(26)27-16(2,3)4/h5,8H,1,6-7H2,2-4H3,(H,21,26)(H,24,25). The van der Waals surface area contributed by atoms with Crippen LogP contribution >= 0.6 is 0 Å². The first kappa shape index (κ1) is 22.1. The number of Topliss-reactive ketones (excluding diaryl/α,β-unsaturated/α-hetero) is 1. The molecule has 0 aliphatic rings. The van der Waals surface area contributed by atoms with Crippen LogP contribution in [-0.2, 0) is 10.9 Å². The minimum absolute atomic E-state index is 0.0954. The van der Waals surface area contributed by atoms with E-state index in [4.69, 9.17) is 4.74 Å². The first-order valence-corrected chi connectivity index (χ1v) is 7.76. The highest BCUT2D eigenvalue weighted by molar-refractivity contribution is 6.01. The van der Waals surface area contributed by atoms with Gasteiger partial charge in [0, 0.05) is 6.42 Å². The van der Waals surface area contributed by atoms with Gasteiger partial charge < -0.3 is 9.84 Å². The number of ether oxygens (including phenoxy) is 1. The molecule has 0 saturated carbocycles. The molecule has 7 nitrogen and oxygen atoms in total. The fraction of sp³-hybridized carbons (Fsp3) is 0.412. The number of nitrogens with zero attached hydrogens (tertiary/aromatic N) is 1. The number of carbonyl (C=O) groups excluding carboxylic acids is 2. The smallest absolute Gasteiger partial charge is 0.418 e. The van der Waals surface area contributed by atoms with Gasteiger partial charge in [-0.25, -0.2) is 14.6 Å². The van der Waals surface area contributed by atoms with Crippen LogP contribution in [0.2, 0.25) is 0 Å². The van der Waals surface area contributed by atoms with E-state index in [0.29, 0.717) is 6.07 Å². The van der Waals surface area contributed by atoms with E-state index in [-0.39, 0.29) is 12.8 Å². The van der Waals surface area contributed by atoms with E-state index >= 15 is 0 Å². The maximum Gasteiger partial charge on any atom is 0.418 e. The molecule has 0 aromatic carbocycles. The van der Waals surface area contributed by atoms with Crippen molar-refractivity contribution in [2.45, 2.75) is 45.4 Å². The molecule has 10 heteroatoms. The summed E-state index contributed by atoms with van der Waals surface area (Å²) < 4.78 is 44.9. The van der Waals surface area contributed by atoms with Gasteiger partial charge in [-0.2, -0.15) is 13.2 Å². The lowest BCUT2D eigenvalue weighted by Gasteiger charge is -2.21. The van der Waals surface area contributed by atoms with Crippen LogP contribution < -0.4 is 5.32 Å². The lowest BCUT2D eigenvalue weighted by atomic mass is 10.0. The lowest BCUT2D eigenvalue weighted by molar-refractivity contribution is -0.138. The summed E-state index contributed by atoms with van der Waals surface area (Å²) in [6.45, 7) is 7.93. The number of allylic oxidation sites excluding steroid dienone is 1. The molecule has 0 aliphatic heterocycles. The van der Waals surface area contributed by atoms with Crippen molar-refractivity contribution in [2.24, 2.45) is 0 Å². The topological polar surface area (TPSA) is 106 Å². The fourth-order valence-electron chi connectivity index (χ4n) is 1.97. The summed E-state index contributed by atoms with van der Waals surface area (Å²) in [6, 6.07) is 0.363. The van der Waals surface area contributed by atoms with E-state index in [2.05, 4.69) is 11.6 Å². The lowest BCUT2D eigenvalue weighted by Crippen LogP contribution is -2.28. The van der Waals surface area contributed by atoms with E-state index in [0.717, 1.165) is 0 Å². The second kappa shape index (κ2) is 8.19. The Bertz CT molecular complexity index is 767. The van der Waals surface area contributed by atoms with E-state index in [1.54, 1.807) is 0 Å². The van der Waals surface area contributed by atoms with Gasteiger partial charge in [-0.1, -0.05) is 6.08 Å². The number of carboxylic acids is 1. The molecule has 0 saturated heterocycles. The van der Waals surface area contributed by atoms with Gasteiger partial charge in [0.15, 0.2) is 11.5 Å². The highest BCUT2D eigenvalue weighted by Crippen LogP contribution is 2.35. The zero-order chi connectivity index (χ0) is 21.0. The third-order valence-electron chi connectivity index (χ3n) is 3.01. The monoisotopic (exact) mass is 388 g/mol. The van der Waals surface area contributed by atoms with Crippen LogP contribution in [0, 0.1) is 0 Å². The molecule has 1 amide bonds. The molecule has 0 spiro atoms. The second-order valence-electron chi connectivity index (χ2n) is 6.46. The summed E-state index contributed by atoms with van der Waals surface area (Å²) in [4.78, 5) is 38.6. The first-order chi connectivity index (χ1) is 12.3. The molecule has 0 fully saturated rings. The zero-order valence-electron chi connectivity index (χ0n) is 14.9. The molecule has 0 bridgehead atoms. The van der Waals surface area contributed by atoms with Crippen molar-refractivity contribution in [2.75, 3.05) is 5.32 Å². The van der Waals surface area contributed by atoms with Gasteiger partial charge in [0.1, 0.15) is 11.3 Å². The average molecular weight is 388 g/mol. The Morgan fingerprint density at radius 2 is 1.85 bits per heavy atom. The van der Waals surface area contributed by atoms with E-state index < -0.39 is 52.3 Å². The van der Waals surface area contributed by atoms with E-state index in [1.165, 1.54) is 26.8 Å². The SMILES string of the molecule is C=CCCC(=O)c1nc(C(=O)O)c(NC(=O)OC(C)(C)C)cc1C(F)(F)F. The van der Waals surface area contributed by atoms with Crippen molar-refractivity contribution in [3.05, 3.63) is 35.7 Å². The van der Waals surface area contributed by atoms with E-state index in [1.807, 2.05) is 5.32 Å². The molecule has 2 N–H and O–H groups in total. The van der Waals surface area contributed by atoms with Crippen LogP contribution in [-0.4, -0.2) is 33.5 Å². The Morgan fingerprint density at radius 1 is 1.26 bits per heavy atom. The van der Waals surface area contributed by atoms with Crippen LogP contribution in [0.4, 0.5) is 23.7 Å². The largest absolute Gasteiger partial charge is 0.476 e. The highest BCUT2D eigenvalue weighted by atomic mass is 19.4. The number of aromatic nitrogens is 1. The number of hydrogen-bond donors (Lipinski definition) is 2. The molecule has 0 aliphatic carbocycles. The molecule has 0 radical (unpaired) electrons. The fourth-order valence-corrected chi connectivity index (χ4v) is 1.97. The van der Waals surface area contributed by atoms with Crippen LogP contribution in [0.3, 0.4) is 0 Å². The van der Waals surface area contributed by atoms with Gasteiger partial charge in [-0.05, 0) is 33.3 Å². The number of pyridine rings is 1. The number of aromatic carboxylic acids is 1. The zero-order valence-corrected chi connectivity index (χ0v) is 14.9. The maximum atomic E-state index is 13.3. The molecule has 0 unspecified atom stereocenters. The van der Waals surface area contributed by atoms with Crippen molar-refractivity contribution >= 4 is 23.5 Å². The van der Waals surface area contributed by atoms with Crippen LogP contribution in [0.5, 0.6) is 0 Å². The van der Waals surface area contributed by atoms with Crippen molar-refractivity contribution < 1.29 is 37.4 Å². The predicted octanol–water partition coefficient (Wildman–Crippen LogP) is 4.29. The number of carboxylic acid groups (broad SMARTS) is 1. The third kappa shape index (κ3) is 6.39. The van der Waals surface area contributed by atoms with Crippen LogP contribution in [0.15, 0.2) is 18.7 Å². The summed E-state index contributed by atoms with van der Waals surface area (Å²) in [5.41, 5.74) is -5.08. The van der Waals surface area contributed by atoms with Crippen molar-refractivity contribution in [3.63, 3.8) is 0 Å². The maximum absolute atomic E-state index is 13.3. The number of ketones is 1.